The molecular weight excluding hydrogens is 267 g/mol. The number of ether oxygens (including phenoxy) is 1. The summed E-state index contributed by atoms with van der Waals surface area (Å²) in [6.07, 6.45) is 7.92. The molecule has 0 fully saturated rings. The molecule has 19 heavy (non-hydrogen) atoms. The molecule has 1 rings (SSSR count). The lowest BCUT2D eigenvalue weighted by atomic mass is 9.95. The molecule has 6 heteroatoms. The molecule has 0 spiro atoms. The van der Waals surface area contributed by atoms with Gasteiger partial charge in [-0.25, -0.2) is 0 Å². The summed E-state index contributed by atoms with van der Waals surface area (Å²) >= 11 is 0. The van der Waals surface area contributed by atoms with Crippen LogP contribution >= 0.6 is 7.60 Å². The van der Waals surface area contributed by atoms with Gasteiger partial charge < -0.3 is 13.8 Å². The summed E-state index contributed by atoms with van der Waals surface area (Å²) in [6.45, 7) is 0. The van der Waals surface area contributed by atoms with E-state index in [1.165, 1.54) is 39.7 Å². The highest BCUT2D eigenvalue weighted by atomic mass is 31.2. The monoisotopic (exact) mass is 290 g/mol. The third-order valence-electron chi connectivity index (χ3n) is 3.49. The highest BCUT2D eigenvalue weighted by Gasteiger charge is 2.40. The second-order valence-electron chi connectivity index (χ2n) is 4.59. The SMILES string of the molecule is COC(=O)C(CCC1=CCCCC1)P(=O)(OC)OC. The molecule has 0 aromatic heterocycles. The molecule has 0 heterocycles. The molecular formula is C13H23O5P. The lowest BCUT2D eigenvalue weighted by Gasteiger charge is -2.23. The van der Waals surface area contributed by atoms with E-state index in [9.17, 15) is 9.36 Å². The van der Waals surface area contributed by atoms with Crippen LogP contribution in [0.3, 0.4) is 0 Å². The molecule has 1 atom stereocenters. The Labute approximate surface area is 114 Å². The van der Waals surface area contributed by atoms with E-state index >= 15 is 0 Å². The minimum Gasteiger partial charge on any atom is -0.468 e. The van der Waals surface area contributed by atoms with E-state index in [-0.39, 0.29) is 0 Å². The average Bonchev–Trinajstić information content (AvgIpc) is 2.47. The van der Waals surface area contributed by atoms with Crippen molar-refractivity contribution in [1.29, 1.82) is 0 Å². The zero-order valence-electron chi connectivity index (χ0n) is 11.9. The third kappa shape index (κ3) is 4.44. The molecule has 0 aromatic carbocycles. The Morgan fingerprint density at radius 3 is 2.47 bits per heavy atom. The first-order valence-corrected chi connectivity index (χ1v) is 8.15. The minimum absolute atomic E-state index is 0.428. The fraction of sp³-hybridized carbons (Fsp3) is 0.769. The molecule has 0 radical (unpaired) electrons. The van der Waals surface area contributed by atoms with Crippen molar-refractivity contribution in [3.63, 3.8) is 0 Å². The largest absolute Gasteiger partial charge is 0.468 e. The Hall–Kier alpha value is -0.640. The average molecular weight is 290 g/mol. The predicted octanol–water partition coefficient (Wildman–Crippen LogP) is 3.29. The number of carbonyl (C=O) groups excluding carboxylic acids is 1. The van der Waals surface area contributed by atoms with Gasteiger partial charge in [0, 0.05) is 14.2 Å². The number of hydrogen-bond donors (Lipinski definition) is 0. The molecule has 1 aliphatic carbocycles. The standard InChI is InChI=1S/C13H23O5P/c1-16-13(14)12(19(15,17-2)18-3)10-9-11-7-5-4-6-8-11/h7,12H,4-6,8-10H2,1-3H3. The van der Waals surface area contributed by atoms with Crippen LogP contribution in [-0.2, 0) is 23.1 Å². The van der Waals surface area contributed by atoms with Crippen molar-refractivity contribution in [3.05, 3.63) is 11.6 Å². The number of allylic oxidation sites excluding steroid dienone is 2. The maximum absolute atomic E-state index is 12.4. The van der Waals surface area contributed by atoms with Gasteiger partial charge in [-0.15, -0.1) is 0 Å². The number of carbonyl (C=O) groups is 1. The Balaban J connectivity index is 2.72. The van der Waals surface area contributed by atoms with Crippen LogP contribution in [0.25, 0.3) is 0 Å². The van der Waals surface area contributed by atoms with E-state index < -0.39 is 19.2 Å². The van der Waals surface area contributed by atoms with Crippen molar-refractivity contribution in [2.45, 2.75) is 44.2 Å². The molecule has 0 bridgehead atoms. The number of methoxy groups -OCH3 is 1. The maximum Gasteiger partial charge on any atom is 0.344 e. The van der Waals surface area contributed by atoms with Gasteiger partial charge in [-0.1, -0.05) is 11.6 Å². The Morgan fingerprint density at radius 1 is 1.32 bits per heavy atom. The van der Waals surface area contributed by atoms with Gasteiger partial charge in [-0.2, -0.15) is 0 Å². The molecule has 0 aliphatic heterocycles. The first-order valence-electron chi connectivity index (χ1n) is 6.54. The van der Waals surface area contributed by atoms with Crippen molar-refractivity contribution < 1.29 is 23.1 Å². The second-order valence-corrected chi connectivity index (χ2v) is 7.02. The summed E-state index contributed by atoms with van der Waals surface area (Å²) in [5, 5.41) is 0. The van der Waals surface area contributed by atoms with E-state index in [0.717, 1.165) is 19.3 Å². The van der Waals surface area contributed by atoms with Crippen LogP contribution in [0.2, 0.25) is 0 Å². The number of rotatable bonds is 7. The van der Waals surface area contributed by atoms with Gasteiger partial charge in [0.15, 0.2) is 5.66 Å². The van der Waals surface area contributed by atoms with E-state index in [1.807, 2.05) is 0 Å². The fourth-order valence-electron chi connectivity index (χ4n) is 2.32. The molecule has 0 saturated carbocycles. The molecule has 1 aliphatic rings. The van der Waals surface area contributed by atoms with Crippen molar-refractivity contribution >= 4 is 13.6 Å². The topological polar surface area (TPSA) is 61.8 Å². The summed E-state index contributed by atoms with van der Waals surface area (Å²) in [4.78, 5) is 11.8. The van der Waals surface area contributed by atoms with Gasteiger partial charge >= 0.3 is 13.6 Å². The first kappa shape index (κ1) is 16.4. The van der Waals surface area contributed by atoms with Crippen LogP contribution in [-0.4, -0.2) is 33.0 Å². The van der Waals surface area contributed by atoms with Crippen LogP contribution in [0.1, 0.15) is 38.5 Å². The normalized spacial score (nSPS) is 17.7. The van der Waals surface area contributed by atoms with E-state index in [1.54, 1.807) is 0 Å². The van der Waals surface area contributed by atoms with E-state index in [2.05, 4.69) is 6.08 Å². The zero-order chi connectivity index (χ0) is 14.3. The maximum atomic E-state index is 12.4. The van der Waals surface area contributed by atoms with Crippen LogP contribution in [0.15, 0.2) is 11.6 Å². The zero-order valence-corrected chi connectivity index (χ0v) is 12.8. The quantitative estimate of drug-likeness (QED) is 0.409. The summed E-state index contributed by atoms with van der Waals surface area (Å²) < 4.78 is 26.9. The van der Waals surface area contributed by atoms with Crippen molar-refractivity contribution in [3.8, 4) is 0 Å². The number of hydrogen-bond acceptors (Lipinski definition) is 5. The van der Waals surface area contributed by atoms with Gasteiger partial charge in [0.25, 0.3) is 0 Å². The van der Waals surface area contributed by atoms with Gasteiger partial charge in [0.2, 0.25) is 0 Å². The molecule has 1 unspecified atom stereocenters. The highest BCUT2D eigenvalue weighted by Crippen LogP contribution is 2.53. The first-order chi connectivity index (χ1) is 9.07. The van der Waals surface area contributed by atoms with Gasteiger partial charge in [-0.05, 0) is 38.5 Å². The van der Waals surface area contributed by atoms with Gasteiger partial charge in [0.1, 0.15) is 0 Å². The fourth-order valence-corrected chi connectivity index (χ4v) is 3.79. The lowest BCUT2D eigenvalue weighted by molar-refractivity contribution is -0.140. The Morgan fingerprint density at radius 2 is 2.00 bits per heavy atom. The summed E-state index contributed by atoms with van der Waals surface area (Å²) in [6, 6.07) is 0. The van der Waals surface area contributed by atoms with Crippen molar-refractivity contribution in [2.75, 3.05) is 21.3 Å². The highest BCUT2D eigenvalue weighted by molar-refractivity contribution is 7.55. The summed E-state index contributed by atoms with van der Waals surface area (Å²) in [5.41, 5.74) is 0.467. The third-order valence-corrected chi connectivity index (χ3v) is 5.74. The van der Waals surface area contributed by atoms with Crippen LogP contribution < -0.4 is 0 Å². The van der Waals surface area contributed by atoms with Crippen LogP contribution in [0, 0.1) is 0 Å². The van der Waals surface area contributed by atoms with E-state index in [0.29, 0.717) is 6.42 Å². The smallest absolute Gasteiger partial charge is 0.344 e. The van der Waals surface area contributed by atoms with Crippen LogP contribution in [0.4, 0.5) is 0 Å². The summed E-state index contributed by atoms with van der Waals surface area (Å²) in [7, 11) is 0.433. The van der Waals surface area contributed by atoms with Gasteiger partial charge in [-0.3, -0.25) is 9.36 Å². The van der Waals surface area contributed by atoms with E-state index in [4.69, 9.17) is 13.8 Å². The second kappa shape index (κ2) is 7.83. The minimum atomic E-state index is -3.43. The lowest BCUT2D eigenvalue weighted by Crippen LogP contribution is -2.24. The molecule has 0 amide bonds. The van der Waals surface area contributed by atoms with Crippen molar-refractivity contribution in [2.24, 2.45) is 0 Å². The van der Waals surface area contributed by atoms with Gasteiger partial charge in [0.05, 0.1) is 7.11 Å². The Bertz CT molecular complexity index is 369. The number of esters is 1. The molecule has 5 nitrogen and oxygen atoms in total. The summed E-state index contributed by atoms with van der Waals surface area (Å²) in [5.74, 6) is -0.538. The molecule has 110 valence electrons. The van der Waals surface area contributed by atoms with Crippen LogP contribution in [0.5, 0.6) is 0 Å². The predicted molar refractivity (Wildman–Crippen MR) is 73.2 cm³/mol. The Kier molecular flexibility index (Phi) is 6.76. The molecule has 0 N–H and O–H groups in total. The molecule has 0 saturated heterocycles. The molecule has 0 aromatic rings. The van der Waals surface area contributed by atoms with Crippen molar-refractivity contribution in [1.82, 2.24) is 0 Å².